The molecule has 0 saturated heterocycles. The third-order valence-corrected chi connectivity index (χ3v) is 10.8. The summed E-state index contributed by atoms with van der Waals surface area (Å²) in [6.07, 6.45) is 12.2. The van der Waals surface area contributed by atoms with Crippen LogP contribution < -0.4 is 0 Å². The Morgan fingerprint density at radius 1 is 1.05 bits per heavy atom. The average molecular weight is 330 g/mol. The predicted octanol–water partition coefficient (Wildman–Crippen LogP) is 4.77. The summed E-state index contributed by atoms with van der Waals surface area (Å²) >= 11 is -0.979. The van der Waals surface area contributed by atoms with Gasteiger partial charge in [0.1, 0.15) is 0 Å². The summed E-state index contributed by atoms with van der Waals surface area (Å²) in [5.74, 6) is 0. The van der Waals surface area contributed by atoms with Gasteiger partial charge in [0.25, 0.3) is 0 Å². The van der Waals surface area contributed by atoms with Gasteiger partial charge in [0.2, 0.25) is 0 Å². The SMILES string of the molecule is CCC[CH2][Ge]([CH2]CCC)[CH](/C=C\OCCO)CCC. The summed E-state index contributed by atoms with van der Waals surface area (Å²) in [5.41, 5.74) is 0. The van der Waals surface area contributed by atoms with E-state index in [9.17, 15) is 0 Å². The maximum atomic E-state index is 8.73. The molecular formula is C16H33GeO2. The molecule has 0 bridgehead atoms. The van der Waals surface area contributed by atoms with Gasteiger partial charge in [-0.05, 0) is 0 Å². The van der Waals surface area contributed by atoms with Crippen LogP contribution in [0.3, 0.4) is 0 Å². The van der Waals surface area contributed by atoms with Crippen LogP contribution >= 0.6 is 0 Å². The van der Waals surface area contributed by atoms with E-state index in [2.05, 4.69) is 26.8 Å². The van der Waals surface area contributed by atoms with E-state index in [0.29, 0.717) is 6.61 Å². The number of aliphatic hydroxyl groups excluding tert-OH is 1. The van der Waals surface area contributed by atoms with Crippen LogP contribution in [0.5, 0.6) is 0 Å². The number of aliphatic hydroxyl groups is 1. The van der Waals surface area contributed by atoms with Crippen LogP contribution in [-0.2, 0) is 4.74 Å². The molecule has 0 aromatic heterocycles. The molecule has 0 spiro atoms. The molecule has 0 heterocycles. The van der Waals surface area contributed by atoms with Crippen molar-refractivity contribution in [3.05, 3.63) is 12.3 Å². The van der Waals surface area contributed by atoms with E-state index in [1.165, 1.54) is 49.0 Å². The Balaban J connectivity index is 4.39. The van der Waals surface area contributed by atoms with Crippen LogP contribution in [0.2, 0.25) is 15.3 Å². The molecule has 0 aromatic carbocycles. The second kappa shape index (κ2) is 14.5. The number of unbranched alkanes of at least 4 members (excludes halogenated alkanes) is 2. The quantitative estimate of drug-likeness (QED) is 0.299. The van der Waals surface area contributed by atoms with Crippen molar-refractivity contribution in [3.8, 4) is 0 Å². The predicted molar refractivity (Wildman–Crippen MR) is 86.0 cm³/mol. The maximum absolute atomic E-state index is 8.73. The second-order valence-electron chi connectivity index (χ2n) is 5.18. The van der Waals surface area contributed by atoms with Crippen LogP contribution in [-0.4, -0.2) is 32.7 Å². The van der Waals surface area contributed by atoms with Crippen LogP contribution in [0.25, 0.3) is 0 Å². The molecule has 0 aliphatic carbocycles. The van der Waals surface area contributed by atoms with Crippen molar-refractivity contribution in [2.45, 2.75) is 74.6 Å². The molecule has 0 amide bonds. The molecule has 19 heavy (non-hydrogen) atoms. The number of allylic oxidation sites excluding steroid dienone is 1. The zero-order chi connectivity index (χ0) is 14.3. The molecule has 1 N–H and O–H groups in total. The number of ether oxygens (including phenoxy) is 1. The Labute approximate surface area is 124 Å². The molecule has 1 atom stereocenters. The number of rotatable bonds is 13. The van der Waals surface area contributed by atoms with Crippen LogP contribution in [0.1, 0.15) is 59.3 Å². The summed E-state index contributed by atoms with van der Waals surface area (Å²) < 4.78 is 6.12. The second-order valence-corrected chi connectivity index (χ2v) is 11.6. The van der Waals surface area contributed by atoms with Crippen molar-refractivity contribution in [2.24, 2.45) is 0 Å². The molecule has 0 rings (SSSR count). The normalized spacial score (nSPS) is 13.3. The Morgan fingerprint density at radius 3 is 2.16 bits per heavy atom. The summed E-state index contributed by atoms with van der Waals surface area (Å²) in [6, 6.07) is 0. The van der Waals surface area contributed by atoms with Gasteiger partial charge < -0.3 is 0 Å². The van der Waals surface area contributed by atoms with Gasteiger partial charge in [-0.15, -0.1) is 0 Å². The standard InChI is InChI=1S/C16H33GeO2/c1-4-7-11-17(12-8-5-2)16(9-6-3)10-14-19-15-13-18/h10,14,16,18H,4-9,11-13,15H2,1-3H3/b14-10-. The topological polar surface area (TPSA) is 29.5 Å². The monoisotopic (exact) mass is 331 g/mol. The minimum atomic E-state index is -0.979. The molecule has 0 saturated carbocycles. The first kappa shape index (κ1) is 19.0. The van der Waals surface area contributed by atoms with Crippen molar-refractivity contribution >= 4 is 14.3 Å². The van der Waals surface area contributed by atoms with Crippen LogP contribution in [0.4, 0.5) is 0 Å². The van der Waals surface area contributed by atoms with Gasteiger partial charge in [0.15, 0.2) is 0 Å². The average Bonchev–Trinajstić information content (AvgIpc) is 2.43. The third-order valence-electron chi connectivity index (χ3n) is 3.44. The van der Waals surface area contributed by atoms with E-state index < -0.39 is 14.3 Å². The van der Waals surface area contributed by atoms with E-state index in [1.807, 2.05) is 6.26 Å². The fourth-order valence-electron chi connectivity index (χ4n) is 2.32. The fourth-order valence-corrected chi connectivity index (χ4v) is 9.99. The van der Waals surface area contributed by atoms with Gasteiger partial charge in [0, 0.05) is 0 Å². The Bertz CT molecular complexity index is 199. The van der Waals surface area contributed by atoms with E-state index in [0.717, 1.165) is 4.75 Å². The van der Waals surface area contributed by atoms with Crippen molar-refractivity contribution in [1.82, 2.24) is 0 Å². The Morgan fingerprint density at radius 2 is 1.68 bits per heavy atom. The molecule has 2 nitrogen and oxygen atoms in total. The summed E-state index contributed by atoms with van der Waals surface area (Å²) in [4.78, 5) is 0. The van der Waals surface area contributed by atoms with Gasteiger partial charge in [-0.1, -0.05) is 0 Å². The minimum absolute atomic E-state index is 0.109. The molecule has 3 heteroatoms. The molecule has 0 aliphatic rings. The zero-order valence-corrected chi connectivity index (χ0v) is 15.3. The van der Waals surface area contributed by atoms with Gasteiger partial charge in [0.05, 0.1) is 0 Å². The van der Waals surface area contributed by atoms with E-state index >= 15 is 0 Å². The molecule has 113 valence electrons. The van der Waals surface area contributed by atoms with E-state index in [1.54, 1.807) is 0 Å². The third kappa shape index (κ3) is 10.5. The van der Waals surface area contributed by atoms with Gasteiger partial charge in [-0.3, -0.25) is 0 Å². The van der Waals surface area contributed by atoms with Gasteiger partial charge in [-0.2, -0.15) is 0 Å². The van der Waals surface area contributed by atoms with E-state index in [-0.39, 0.29) is 6.61 Å². The van der Waals surface area contributed by atoms with Crippen LogP contribution in [0, 0.1) is 0 Å². The summed E-state index contributed by atoms with van der Waals surface area (Å²) in [7, 11) is 0. The summed E-state index contributed by atoms with van der Waals surface area (Å²) in [6.45, 7) is 7.41. The number of hydrogen-bond acceptors (Lipinski definition) is 2. The van der Waals surface area contributed by atoms with Crippen molar-refractivity contribution in [1.29, 1.82) is 0 Å². The van der Waals surface area contributed by atoms with Crippen LogP contribution in [0.15, 0.2) is 12.3 Å². The van der Waals surface area contributed by atoms with Crippen molar-refractivity contribution < 1.29 is 9.84 Å². The molecule has 1 radical (unpaired) electrons. The zero-order valence-electron chi connectivity index (χ0n) is 13.2. The van der Waals surface area contributed by atoms with Crippen molar-refractivity contribution in [3.63, 3.8) is 0 Å². The van der Waals surface area contributed by atoms with Gasteiger partial charge in [-0.25, -0.2) is 0 Å². The first-order valence-corrected chi connectivity index (χ1v) is 12.2. The molecule has 1 unspecified atom stereocenters. The number of hydrogen-bond donors (Lipinski definition) is 1. The molecule has 0 fully saturated rings. The first-order valence-electron chi connectivity index (χ1n) is 8.03. The molecule has 0 aromatic rings. The Hall–Kier alpha value is 0.0429. The molecular weight excluding hydrogens is 297 g/mol. The van der Waals surface area contributed by atoms with Crippen molar-refractivity contribution in [2.75, 3.05) is 13.2 Å². The first-order chi connectivity index (χ1) is 9.29. The van der Waals surface area contributed by atoms with Gasteiger partial charge >= 0.3 is 124 Å². The summed E-state index contributed by atoms with van der Waals surface area (Å²) in [5, 5.41) is 11.7. The molecule has 0 aliphatic heterocycles. The Kier molecular flexibility index (Phi) is 14.5. The fraction of sp³-hybridized carbons (Fsp3) is 0.875. The van der Waals surface area contributed by atoms with E-state index in [4.69, 9.17) is 9.84 Å².